The van der Waals surface area contributed by atoms with Gasteiger partial charge in [-0.15, -0.1) is 0 Å². The molecule has 0 saturated carbocycles. The first kappa shape index (κ1) is 14.6. The van der Waals surface area contributed by atoms with Crippen molar-refractivity contribution in [3.05, 3.63) is 47.1 Å². The lowest BCUT2D eigenvalue weighted by molar-refractivity contribution is 0.227. The second-order valence-corrected chi connectivity index (χ2v) is 4.78. The third kappa shape index (κ3) is 3.42. The summed E-state index contributed by atoms with van der Waals surface area (Å²) in [4.78, 5) is 3.87. The quantitative estimate of drug-likeness (QED) is 0.735. The van der Waals surface area contributed by atoms with E-state index in [9.17, 15) is 0 Å². The largest absolute Gasteiger partial charge is 0.490 e. The number of hydrogen-bond donors (Lipinski definition) is 3. The van der Waals surface area contributed by atoms with Crippen molar-refractivity contribution in [1.29, 1.82) is 0 Å². The van der Waals surface area contributed by atoms with Gasteiger partial charge in [0, 0.05) is 16.7 Å². The molecule has 104 valence electrons. The molecule has 1 atom stereocenters. The normalized spacial score (nSPS) is 12.0. The van der Waals surface area contributed by atoms with Gasteiger partial charge in [0.2, 0.25) is 0 Å². The summed E-state index contributed by atoms with van der Waals surface area (Å²) in [5.41, 5.74) is 6.82. The zero-order valence-corrected chi connectivity index (χ0v) is 11.6. The van der Waals surface area contributed by atoms with Crippen LogP contribution in [0.3, 0.4) is 0 Å². The highest BCUT2D eigenvalue weighted by Gasteiger charge is 2.16. The van der Waals surface area contributed by atoms with Crippen LogP contribution >= 0.6 is 11.6 Å². The zero-order chi connectivity index (χ0) is 14.7. The molecule has 0 saturated heterocycles. The average molecular weight is 293 g/mol. The number of aromatic nitrogens is 1. The fourth-order valence-corrected chi connectivity index (χ4v) is 1.92. The van der Waals surface area contributed by atoms with E-state index in [1.165, 1.54) is 12.3 Å². The average Bonchev–Trinajstić information content (AvgIpc) is 2.41. The number of nitrogens with zero attached hydrogens (tertiary/aromatic N) is 1. The summed E-state index contributed by atoms with van der Waals surface area (Å²) in [6.45, 7) is 1.84. The zero-order valence-electron chi connectivity index (χ0n) is 10.8. The van der Waals surface area contributed by atoms with Crippen LogP contribution < -0.4 is 15.9 Å². The molecule has 2 aromatic rings. The molecule has 0 amide bonds. The van der Waals surface area contributed by atoms with E-state index >= 15 is 0 Å². The Morgan fingerprint density at radius 1 is 1.35 bits per heavy atom. The van der Waals surface area contributed by atoms with E-state index in [-0.39, 0.29) is 17.4 Å². The standard InChI is InChI=1S/C13H14BClN2O3/c1-8(9-3-2-4-11(15)5-9)20-12-6-10(14(18)19)7-17-13(12)16/h2-8,18-19H,1H3,(H2,16,17)/t8-/m1/s1. The Balaban J connectivity index is 2.23. The maximum absolute atomic E-state index is 9.13. The lowest BCUT2D eigenvalue weighted by atomic mass is 9.81. The molecule has 1 aromatic heterocycles. The van der Waals surface area contributed by atoms with Gasteiger partial charge in [-0.05, 0) is 30.7 Å². The van der Waals surface area contributed by atoms with Crippen LogP contribution in [0.4, 0.5) is 5.82 Å². The predicted octanol–water partition coefficient (Wildman–Crippen LogP) is 1.14. The number of rotatable bonds is 4. The summed E-state index contributed by atoms with van der Waals surface area (Å²) in [7, 11) is -1.62. The van der Waals surface area contributed by atoms with Crippen LogP contribution in [0.1, 0.15) is 18.6 Å². The fraction of sp³-hybridized carbons (Fsp3) is 0.154. The highest BCUT2D eigenvalue weighted by molar-refractivity contribution is 6.58. The molecule has 0 aliphatic heterocycles. The Morgan fingerprint density at radius 3 is 2.75 bits per heavy atom. The Bertz CT molecular complexity index is 610. The molecule has 20 heavy (non-hydrogen) atoms. The molecule has 1 aromatic carbocycles. The molecule has 0 aliphatic carbocycles. The van der Waals surface area contributed by atoms with Gasteiger partial charge in [-0.1, -0.05) is 23.7 Å². The van der Waals surface area contributed by atoms with Crippen molar-refractivity contribution in [1.82, 2.24) is 4.98 Å². The predicted molar refractivity (Wildman–Crippen MR) is 79.0 cm³/mol. The summed E-state index contributed by atoms with van der Waals surface area (Å²) in [5.74, 6) is 0.478. The van der Waals surface area contributed by atoms with Crippen LogP contribution in [0.15, 0.2) is 36.5 Å². The number of halogens is 1. The van der Waals surface area contributed by atoms with E-state index in [0.29, 0.717) is 10.8 Å². The Labute approximate surface area is 122 Å². The van der Waals surface area contributed by atoms with Crippen LogP contribution in [-0.2, 0) is 0 Å². The third-order valence-electron chi connectivity index (χ3n) is 2.82. The molecule has 0 spiro atoms. The summed E-state index contributed by atoms with van der Waals surface area (Å²) in [6, 6.07) is 8.73. The number of ether oxygens (including phenoxy) is 1. The second kappa shape index (κ2) is 6.13. The van der Waals surface area contributed by atoms with Crippen molar-refractivity contribution in [3.63, 3.8) is 0 Å². The topological polar surface area (TPSA) is 88.6 Å². The van der Waals surface area contributed by atoms with Crippen LogP contribution in [0.25, 0.3) is 0 Å². The maximum atomic E-state index is 9.13. The van der Waals surface area contributed by atoms with Gasteiger partial charge in [-0.2, -0.15) is 0 Å². The number of nitrogen functional groups attached to an aromatic ring is 1. The molecule has 0 bridgehead atoms. The van der Waals surface area contributed by atoms with Crippen LogP contribution in [0.5, 0.6) is 5.75 Å². The minimum atomic E-state index is -1.62. The Kier molecular flexibility index (Phi) is 4.49. The van der Waals surface area contributed by atoms with Crippen LogP contribution in [-0.4, -0.2) is 22.2 Å². The molecule has 2 rings (SSSR count). The van der Waals surface area contributed by atoms with E-state index in [0.717, 1.165) is 5.56 Å². The molecule has 5 nitrogen and oxygen atoms in total. The van der Waals surface area contributed by atoms with Gasteiger partial charge >= 0.3 is 7.12 Å². The highest BCUT2D eigenvalue weighted by Crippen LogP contribution is 2.26. The molecule has 0 unspecified atom stereocenters. The molecule has 0 aliphatic rings. The van der Waals surface area contributed by atoms with Crippen molar-refractivity contribution in [2.75, 3.05) is 5.73 Å². The van der Waals surface area contributed by atoms with Gasteiger partial charge in [-0.25, -0.2) is 4.98 Å². The van der Waals surface area contributed by atoms with Crippen LogP contribution in [0.2, 0.25) is 5.02 Å². The van der Waals surface area contributed by atoms with Crippen molar-refractivity contribution >= 4 is 30.0 Å². The maximum Gasteiger partial charge on any atom is 0.490 e. The number of nitrogens with two attached hydrogens (primary N) is 1. The number of hydrogen-bond acceptors (Lipinski definition) is 5. The van der Waals surface area contributed by atoms with E-state index in [1.54, 1.807) is 12.1 Å². The second-order valence-electron chi connectivity index (χ2n) is 4.34. The Hall–Kier alpha value is -1.76. The highest BCUT2D eigenvalue weighted by atomic mass is 35.5. The van der Waals surface area contributed by atoms with Crippen molar-refractivity contribution in [3.8, 4) is 5.75 Å². The first-order chi connectivity index (χ1) is 9.47. The molecule has 7 heteroatoms. The van der Waals surface area contributed by atoms with Gasteiger partial charge in [-0.3, -0.25) is 0 Å². The van der Waals surface area contributed by atoms with Crippen molar-refractivity contribution < 1.29 is 14.8 Å². The van der Waals surface area contributed by atoms with Gasteiger partial charge in [0.05, 0.1) is 0 Å². The Morgan fingerprint density at radius 2 is 2.10 bits per heavy atom. The fourth-order valence-electron chi connectivity index (χ4n) is 1.72. The van der Waals surface area contributed by atoms with Gasteiger partial charge in [0.1, 0.15) is 6.10 Å². The summed E-state index contributed by atoms with van der Waals surface area (Å²) >= 11 is 5.93. The minimum Gasteiger partial charge on any atom is -0.482 e. The summed E-state index contributed by atoms with van der Waals surface area (Å²) in [5, 5.41) is 18.9. The molecule has 0 radical (unpaired) electrons. The first-order valence-corrected chi connectivity index (χ1v) is 6.39. The molecular weight excluding hydrogens is 278 g/mol. The third-order valence-corrected chi connectivity index (χ3v) is 3.06. The van der Waals surface area contributed by atoms with Crippen molar-refractivity contribution in [2.24, 2.45) is 0 Å². The minimum absolute atomic E-state index is 0.184. The van der Waals surface area contributed by atoms with Gasteiger partial charge < -0.3 is 20.5 Å². The smallest absolute Gasteiger partial charge is 0.482 e. The van der Waals surface area contributed by atoms with E-state index in [4.69, 9.17) is 32.1 Å². The number of benzene rings is 1. The first-order valence-electron chi connectivity index (χ1n) is 6.01. The molecule has 1 heterocycles. The van der Waals surface area contributed by atoms with E-state index in [2.05, 4.69) is 4.98 Å². The monoisotopic (exact) mass is 292 g/mol. The van der Waals surface area contributed by atoms with E-state index < -0.39 is 7.12 Å². The van der Waals surface area contributed by atoms with Gasteiger partial charge in [0.15, 0.2) is 11.6 Å². The van der Waals surface area contributed by atoms with Crippen molar-refractivity contribution in [2.45, 2.75) is 13.0 Å². The summed E-state index contributed by atoms with van der Waals surface area (Å²) in [6.07, 6.45) is 0.987. The van der Waals surface area contributed by atoms with E-state index in [1.807, 2.05) is 19.1 Å². The number of anilines is 1. The molecule has 4 N–H and O–H groups in total. The van der Waals surface area contributed by atoms with Gasteiger partial charge in [0.25, 0.3) is 0 Å². The number of pyridine rings is 1. The SMILES string of the molecule is C[C@@H](Oc1cc(B(O)O)cnc1N)c1cccc(Cl)c1. The van der Waals surface area contributed by atoms with Crippen LogP contribution in [0, 0.1) is 0 Å². The lowest BCUT2D eigenvalue weighted by Gasteiger charge is -2.17. The molecular formula is C13H14BClN2O3. The molecule has 0 fully saturated rings. The lowest BCUT2D eigenvalue weighted by Crippen LogP contribution is -2.30. The summed E-state index contributed by atoms with van der Waals surface area (Å²) < 4.78 is 5.71.